The van der Waals surface area contributed by atoms with E-state index in [1.807, 2.05) is 13.0 Å². The number of carbonyl (C=O) groups is 3. The van der Waals surface area contributed by atoms with Crippen LogP contribution >= 0.6 is 0 Å². The molecule has 0 bridgehead atoms. The zero-order chi connectivity index (χ0) is 16.8. The number of carboxylic acids is 1. The van der Waals surface area contributed by atoms with Crippen LogP contribution in [0.3, 0.4) is 0 Å². The van der Waals surface area contributed by atoms with Crippen LogP contribution in [-0.4, -0.2) is 46.4 Å². The maximum atomic E-state index is 12.5. The van der Waals surface area contributed by atoms with Crippen LogP contribution in [0.25, 0.3) is 0 Å². The van der Waals surface area contributed by atoms with Crippen molar-refractivity contribution in [1.29, 1.82) is 0 Å². The number of nitrogens with one attached hydrogen (secondary N) is 1. The van der Waals surface area contributed by atoms with E-state index in [1.54, 1.807) is 24.3 Å². The Labute approximate surface area is 135 Å². The van der Waals surface area contributed by atoms with E-state index in [4.69, 9.17) is 5.11 Å². The number of hydrogen-bond acceptors (Lipinski definition) is 3. The summed E-state index contributed by atoms with van der Waals surface area (Å²) in [5, 5.41) is 11.7. The molecule has 2 atom stereocenters. The molecule has 2 rings (SSSR count). The normalized spacial score (nSPS) is 18.5. The molecule has 1 heterocycles. The molecule has 0 aromatic heterocycles. The quantitative estimate of drug-likeness (QED) is 0.835. The second-order valence-electron chi connectivity index (χ2n) is 5.71. The first kappa shape index (κ1) is 17.0. The number of hydrogen-bond donors (Lipinski definition) is 2. The molecule has 1 fully saturated rings. The number of benzene rings is 1. The van der Waals surface area contributed by atoms with Crippen LogP contribution in [-0.2, 0) is 9.59 Å². The summed E-state index contributed by atoms with van der Waals surface area (Å²) in [4.78, 5) is 37.7. The van der Waals surface area contributed by atoms with Crippen LogP contribution in [0, 0.1) is 0 Å². The first-order valence-corrected chi connectivity index (χ1v) is 7.93. The van der Waals surface area contributed by atoms with Crippen LogP contribution in [0.2, 0.25) is 0 Å². The van der Waals surface area contributed by atoms with Gasteiger partial charge in [-0.1, -0.05) is 31.5 Å². The van der Waals surface area contributed by atoms with E-state index in [1.165, 1.54) is 4.90 Å². The number of carbonyl (C=O) groups excluding carboxylic acids is 2. The highest BCUT2D eigenvalue weighted by atomic mass is 16.4. The number of nitrogens with zero attached hydrogens (tertiary/aromatic N) is 1. The summed E-state index contributed by atoms with van der Waals surface area (Å²) in [6.07, 6.45) is 2.33. The Kier molecular flexibility index (Phi) is 5.73. The Balaban J connectivity index is 2.07. The summed E-state index contributed by atoms with van der Waals surface area (Å²) in [7, 11) is 0. The van der Waals surface area contributed by atoms with Crippen LogP contribution < -0.4 is 5.32 Å². The molecule has 1 aromatic carbocycles. The smallest absolute Gasteiger partial charge is 0.326 e. The van der Waals surface area contributed by atoms with Crippen molar-refractivity contribution in [3.05, 3.63) is 35.9 Å². The van der Waals surface area contributed by atoms with E-state index in [0.29, 0.717) is 31.4 Å². The van der Waals surface area contributed by atoms with Gasteiger partial charge in [0.1, 0.15) is 12.1 Å². The molecule has 2 N–H and O–H groups in total. The fraction of sp³-hybridized carbons (Fsp3) is 0.471. The summed E-state index contributed by atoms with van der Waals surface area (Å²) in [6.45, 7) is 2.38. The van der Waals surface area contributed by atoms with Gasteiger partial charge in [-0.15, -0.1) is 0 Å². The van der Waals surface area contributed by atoms with Crippen molar-refractivity contribution in [2.24, 2.45) is 0 Å². The number of amides is 2. The highest BCUT2D eigenvalue weighted by Crippen LogP contribution is 2.20. The van der Waals surface area contributed by atoms with Crippen LogP contribution in [0.4, 0.5) is 0 Å². The van der Waals surface area contributed by atoms with E-state index in [9.17, 15) is 14.4 Å². The van der Waals surface area contributed by atoms with Crippen LogP contribution in [0.5, 0.6) is 0 Å². The van der Waals surface area contributed by atoms with Crippen molar-refractivity contribution in [3.8, 4) is 0 Å². The van der Waals surface area contributed by atoms with Gasteiger partial charge in [0.15, 0.2) is 0 Å². The van der Waals surface area contributed by atoms with Crippen molar-refractivity contribution in [1.82, 2.24) is 10.2 Å². The largest absolute Gasteiger partial charge is 0.480 e. The van der Waals surface area contributed by atoms with E-state index in [-0.39, 0.29) is 11.8 Å². The first-order valence-electron chi connectivity index (χ1n) is 7.93. The molecule has 1 aliphatic rings. The third-order valence-corrected chi connectivity index (χ3v) is 4.03. The summed E-state index contributed by atoms with van der Waals surface area (Å²) < 4.78 is 0. The second-order valence-corrected chi connectivity index (χ2v) is 5.71. The Hall–Kier alpha value is -2.37. The number of likely N-dealkylation sites (tertiary alicyclic amines) is 1. The van der Waals surface area contributed by atoms with Crippen molar-refractivity contribution < 1.29 is 19.5 Å². The van der Waals surface area contributed by atoms with Gasteiger partial charge in [0.2, 0.25) is 5.91 Å². The third-order valence-electron chi connectivity index (χ3n) is 4.03. The van der Waals surface area contributed by atoms with Gasteiger partial charge in [0, 0.05) is 12.1 Å². The standard InChI is InChI=1S/C17H22N2O4/c1-2-7-13(17(22)23)18-15(20)14-10-6-11-19(14)16(21)12-8-4-3-5-9-12/h3-5,8-9,13-14H,2,6-7,10-11H2,1H3,(H,18,20)(H,22,23). The van der Waals surface area contributed by atoms with Gasteiger partial charge in [-0.05, 0) is 31.4 Å². The van der Waals surface area contributed by atoms with Crippen molar-refractivity contribution in [3.63, 3.8) is 0 Å². The summed E-state index contributed by atoms with van der Waals surface area (Å²) in [5.41, 5.74) is 0.538. The van der Waals surface area contributed by atoms with Gasteiger partial charge < -0.3 is 15.3 Å². The fourth-order valence-electron chi connectivity index (χ4n) is 2.84. The van der Waals surface area contributed by atoms with Gasteiger partial charge in [0.05, 0.1) is 0 Å². The number of carboxylic acid groups (broad SMARTS) is 1. The molecule has 0 saturated carbocycles. The molecular formula is C17H22N2O4. The Bertz CT molecular complexity index is 573. The molecule has 6 heteroatoms. The predicted octanol–water partition coefficient (Wildman–Crippen LogP) is 1.66. The second kappa shape index (κ2) is 7.76. The molecule has 0 spiro atoms. The van der Waals surface area contributed by atoms with E-state index in [0.717, 1.165) is 6.42 Å². The lowest BCUT2D eigenvalue weighted by Crippen LogP contribution is -2.50. The Morgan fingerprint density at radius 2 is 2.00 bits per heavy atom. The molecule has 1 saturated heterocycles. The average Bonchev–Trinajstić information content (AvgIpc) is 3.04. The molecule has 0 aliphatic carbocycles. The van der Waals surface area contributed by atoms with Gasteiger partial charge in [-0.2, -0.15) is 0 Å². The van der Waals surface area contributed by atoms with Crippen molar-refractivity contribution in [2.45, 2.75) is 44.7 Å². The minimum absolute atomic E-state index is 0.189. The maximum Gasteiger partial charge on any atom is 0.326 e. The summed E-state index contributed by atoms with van der Waals surface area (Å²) >= 11 is 0. The highest BCUT2D eigenvalue weighted by Gasteiger charge is 2.35. The van der Waals surface area contributed by atoms with Crippen LogP contribution in [0.1, 0.15) is 43.0 Å². The molecule has 23 heavy (non-hydrogen) atoms. The SMILES string of the molecule is CCCC(NC(=O)C1CCCN1C(=O)c1ccccc1)C(=O)O. The van der Waals surface area contributed by atoms with E-state index >= 15 is 0 Å². The highest BCUT2D eigenvalue weighted by molar-refractivity contribution is 5.98. The topological polar surface area (TPSA) is 86.7 Å². The van der Waals surface area contributed by atoms with E-state index < -0.39 is 18.1 Å². The monoisotopic (exact) mass is 318 g/mol. The molecule has 2 amide bonds. The summed E-state index contributed by atoms with van der Waals surface area (Å²) in [5.74, 6) is -1.61. The maximum absolute atomic E-state index is 12.5. The lowest BCUT2D eigenvalue weighted by Gasteiger charge is -2.25. The summed E-state index contributed by atoms with van der Waals surface area (Å²) in [6, 6.07) is 7.32. The zero-order valence-electron chi connectivity index (χ0n) is 13.2. The molecule has 6 nitrogen and oxygen atoms in total. The molecular weight excluding hydrogens is 296 g/mol. The van der Waals surface area contributed by atoms with Crippen molar-refractivity contribution >= 4 is 17.8 Å². The van der Waals surface area contributed by atoms with Gasteiger partial charge in [0.25, 0.3) is 5.91 Å². The van der Waals surface area contributed by atoms with Gasteiger partial charge >= 0.3 is 5.97 Å². The molecule has 1 aromatic rings. The minimum Gasteiger partial charge on any atom is -0.480 e. The number of aliphatic carboxylic acids is 1. The third kappa shape index (κ3) is 4.09. The predicted molar refractivity (Wildman–Crippen MR) is 85.0 cm³/mol. The molecule has 2 unspecified atom stereocenters. The minimum atomic E-state index is -1.04. The van der Waals surface area contributed by atoms with Gasteiger partial charge in [-0.25, -0.2) is 4.79 Å². The number of rotatable bonds is 6. The Morgan fingerprint density at radius 3 is 2.61 bits per heavy atom. The first-order chi connectivity index (χ1) is 11.0. The fourth-order valence-corrected chi connectivity index (χ4v) is 2.84. The Morgan fingerprint density at radius 1 is 1.30 bits per heavy atom. The van der Waals surface area contributed by atoms with E-state index in [2.05, 4.69) is 5.32 Å². The van der Waals surface area contributed by atoms with Crippen molar-refractivity contribution in [2.75, 3.05) is 6.54 Å². The lowest BCUT2D eigenvalue weighted by molar-refractivity contribution is -0.142. The lowest BCUT2D eigenvalue weighted by atomic mass is 10.1. The molecule has 0 radical (unpaired) electrons. The van der Waals surface area contributed by atoms with Crippen LogP contribution in [0.15, 0.2) is 30.3 Å². The zero-order valence-corrected chi connectivity index (χ0v) is 13.2. The van der Waals surface area contributed by atoms with Gasteiger partial charge in [-0.3, -0.25) is 9.59 Å². The molecule has 1 aliphatic heterocycles. The molecule has 124 valence electrons. The average molecular weight is 318 g/mol.